The summed E-state index contributed by atoms with van der Waals surface area (Å²) in [7, 11) is 0. The largest absolute Gasteiger partial charge is 0.368 e. The molecule has 7 heteroatoms. The maximum Gasteiger partial charge on any atom is 0.266 e. The highest BCUT2D eigenvalue weighted by Gasteiger charge is 2.14. The third kappa shape index (κ3) is 3.14. The van der Waals surface area contributed by atoms with Crippen LogP contribution in [0.25, 0.3) is 28.7 Å². The van der Waals surface area contributed by atoms with Crippen molar-refractivity contribution in [2.75, 3.05) is 5.73 Å². The Morgan fingerprint density at radius 2 is 1.71 bits per heavy atom. The van der Waals surface area contributed by atoms with Gasteiger partial charge in [0.25, 0.3) is 5.56 Å². The number of anilines is 1. The summed E-state index contributed by atoms with van der Waals surface area (Å²) >= 11 is 0. The third-order valence-electron chi connectivity index (χ3n) is 4.48. The van der Waals surface area contributed by atoms with Gasteiger partial charge in [0.05, 0.1) is 22.8 Å². The van der Waals surface area contributed by atoms with E-state index in [1.807, 2.05) is 32.0 Å². The highest BCUT2D eigenvalue weighted by Crippen LogP contribution is 2.21. The molecule has 3 aromatic heterocycles. The van der Waals surface area contributed by atoms with E-state index in [0.717, 1.165) is 22.4 Å². The van der Waals surface area contributed by atoms with Crippen molar-refractivity contribution in [2.24, 2.45) is 0 Å². The van der Waals surface area contributed by atoms with Gasteiger partial charge >= 0.3 is 0 Å². The van der Waals surface area contributed by atoms with Crippen molar-refractivity contribution in [1.29, 1.82) is 0 Å². The zero-order valence-corrected chi connectivity index (χ0v) is 15.5. The molecule has 138 valence electrons. The van der Waals surface area contributed by atoms with Gasteiger partial charge in [0.2, 0.25) is 5.95 Å². The Kier molecular flexibility index (Phi) is 4.41. The van der Waals surface area contributed by atoms with Crippen LogP contribution in [0, 0.1) is 13.8 Å². The van der Waals surface area contributed by atoms with Gasteiger partial charge in [-0.05, 0) is 43.2 Å². The van der Waals surface area contributed by atoms with E-state index in [4.69, 9.17) is 5.73 Å². The van der Waals surface area contributed by atoms with Gasteiger partial charge in [0, 0.05) is 24.2 Å². The van der Waals surface area contributed by atoms with Crippen molar-refractivity contribution in [2.45, 2.75) is 13.8 Å². The third-order valence-corrected chi connectivity index (χ3v) is 4.48. The Hall–Kier alpha value is -3.87. The van der Waals surface area contributed by atoms with Crippen LogP contribution in [0.5, 0.6) is 0 Å². The lowest BCUT2D eigenvalue weighted by molar-refractivity contribution is 0.923. The van der Waals surface area contributed by atoms with E-state index >= 15 is 0 Å². The van der Waals surface area contributed by atoms with E-state index in [0.29, 0.717) is 16.7 Å². The maximum atomic E-state index is 13.3. The fourth-order valence-corrected chi connectivity index (χ4v) is 3.15. The normalized spacial score (nSPS) is 11.4. The predicted octanol–water partition coefficient (Wildman–Crippen LogP) is 2.94. The summed E-state index contributed by atoms with van der Waals surface area (Å²) in [6, 6.07) is 7.62. The first-order valence-corrected chi connectivity index (χ1v) is 8.73. The lowest BCUT2D eigenvalue weighted by Gasteiger charge is -2.16. The fraction of sp³-hybridized carbons (Fsp3) is 0.0952. The molecule has 0 aliphatic rings. The molecular weight excluding hydrogens is 352 g/mol. The number of fused-ring (bicyclic) bond motifs is 1. The molecule has 0 radical (unpaired) electrons. The molecule has 4 rings (SSSR count). The summed E-state index contributed by atoms with van der Waals surface area (Å²) in [5.41, 5.74) is 9.50. The highest BCUT2D eigenvalue weighted by atomic mass is 16.1. The Labute approximate surface area is 161 Å². The van der Waals surface area contributed by atoms with Crippen molar-refractivity contribution < 1.29 is 0 Å². The number of nitrogens with zero attached hydrogens (tertiary/aromatic N) is 5. The Morgan fingerprint density at radius 1 is 1.00 bits per heavy atom. The molecular formula is C21H18N6O. The number of hydrogen-bond donors (Lipinski definition) is 1. The Balaban J connectivity index is 1.99. The number of rotatable bonds is 3. The van der Waals surface area contributed by atoms with Gasteiger partial charge in [0.15, 0.2) is 0 Å². The molecule has 0 aliphatic carbocycles. The maximum absolute atomic E-state index is 13.3. The van der Waals surface area contributed by atoms with Crippen LogP contribution >= 0.6 is 0 Å². The molecule has 0 fully saturated rings. The van der Waals surface area contributed by atoms with Gasteiger partial charge in [-0.3, -0.25) is 14.3 Å². The second kappa shape index (κ2) is 7.03. The van der Waals surface area contributed by atoms with Crippen molar-refractivity contribution in [3.63, 3.8) is 0 Å². The number of nitrogens with two attached hydrogens (primary N) is 1. The van der Waals surface area contributed by atoms with Crippen LogP contribution in [0.15, 0.2) is 53.8 Å². The van der Waals surface area contributed by atoms with Crippen molar-refractivity contribution in [3.8, 4) is 5.69 Å². The van der Waals surface area contributed by atoms with Gasteiger partial charge in [-0.25, -0.2) is 15.0 Å². The molecule has 0 bridgehead atoms. The van der Waals surface area contributed by atoms with E-state index in [1.54, 1.807) is 47.6 Å². The summed E-state index contributed by atoms with van der Waals surface area (Å²) in [6.07, 6.45) is 9.99. The second-order valence-corrected chi connectivity index (χ2v) is 6.45. The number of aromatic nitrogens is 5. The SMILES string of the molecule is Cc1cccc(C)c1-n1c(/C=C/c2cnc(N)nc2)nc2cnccc2c1=O. The topological polar surface area (TPSA) is 99.6 Å². The van der Waals surface area contributed by atoms with Gasteiger partial charge in [-0.15, -0.1) is 0 Å². The minimum atomic E-state index is -0.141. The molecule has 0 unspecified atom stereocenters. The number of hydrogen-bond acceptors (Lipinski definition) is 6. The highest BCUT2D eigenvalue weighted by molar-refractivity contribution is 5.79. The van der Waals surface area contributed by atoms with Gasteiger partial charge in [-0.2, -0.15) is 0 Å². The van der Waals surface area contributed by atoms with Crippen LogP contribution in [0.1, 0.15) is 22.5 Å². The van der Waals surface area contributed by atoms with Crippen LogP contribution in [0.2, 0.25) is 0 Å². The van der Waals surface area contributed by atoms with Crippen molar-refractivity contribution >= 4 is 29.0 Å². The molecule has 0 amide bonds. The number of pyridine rings is 1. The molecule has 0 aliphatic heterocycles. The van der Waals surface area contributed by atoms with Crippen molar-refractivity contribution in [3.05, 3.63) is 81.9 Å². The van der Waals surface area contributed by atoms with Crippen LogP contribution in [0.4, 0.5) is 5.95 Å². The van der Waals surface area contributed by atoms with Gasteiger partial charge in [0.1, 0.15) is 5.82 Å². The first-order chi connectivity index (χ1) is 13.5. The summed E-state index contributed by atoms with van der Waals surface area (Å²) < 4.78 is 1.64. The lowest BCUT2D eigenvalue weighted by atomic mass is 10.1. The molecule has 28 heavy (non-hydrogen) atoms. The van der Waals surface area contributed by atoms with E-state index in [1.165, 1.54) is 0 Å². The average molecular weight is 370 g/mol. The summed E-state index contributed by atoms with van der Waals surface area (Å²) in [5.74, 6) is 0.708. The van der Waals surface area contributed by atoms with Crippen LogP contribution < -0.4 is 11.3 Å². The molecule has 0 saturated carbocycles. The Morgan fingerprint density at radius 3 is 2.43 bits per heavy atom. The fourth-order valence-electron chi connectivity index (χ4n) is 3.15. The van der Waals surface area contributed by atoms with E-state index in [9.17, 15) is 4.79 Å². The van der Waals surface area contributed by atoms with Gasteiger partial charge in [-0.1, -0.05) is 18.2 Å². The molecule has 0 saturated heterocycles. The second-order valence-electron chi connectivity index (χ2n) is 6.45. The van der Waals surface area contributed by atoms with Crippen LogP contribution in [-0.4, -0.2) is 24.5 Å². The molecule has 7 nitrogen and oxygen atoms in total. The molecule has 0 spiro atoms. The smallest absolute Gasteiger partial charge is 0.266 e. The van der Waals surface area contributed by atoms with Crippen molar-refractivity contribution in [1.82, 2.24) is 24.5 Å². The average Bonchev–Trinajstić information content (AvgIpc) is 2.69. The lowest BCUT2D eigenvalue weighted by Crippen LogP contribution is -2.24. The number of nitrogen functional groups attached to an aromatic ring is 1. The minimum absolute atomic E-state index is 0.141. The summed E-state index contributed by atoms with van der Waals surface area (Å²) in [6.45, 7) is 3.96. The van der Waals surface area contributed by atoms with E-state index in [2.05, 4.69) is 19.9 Å². The first kappa shape index (κ1) is 17.5. The predicted molar refractivity (Wildman–Crippen MR) is 110 cm³/mol. The van der Waals surface area contributed by atoms with Crippen LogP contribution in [-0.2, 0) is 0 Å². The monoisotopic (exact) mass is 370 g/mol. The zero-order valence-electron chi connectivity index (χ0n) is 15.5. The quantitative estimate of drug-likeness (QED) is 0.595. The van der Waals surface area contributed by atoms with Crippen LogP contribution in [0.3, 0.4) is 0 Å². The molecule has 3 heterocycles. The Bertz CT molecular complexity index is 1240. The zero-order chi connectivity index (χ0) is 19.7. The molecule has 0 atom stereocenters. The molecule has 4 aromatic rings. The number of aryl methyl sites for hydroxylation is 2. The van der Waals surface area contributed by atoms with E-state index in [-0.39, 0.29) is 11.5 Å². The van der Waals surface area contributed by atoms with E-state index < -0.39 is 0 Å². The minimum Gasteiger partial charge on any atom is -0.368 e. The number of benzene rings is 1. The standard InChI is InChI=1S/C21H18N6O/c1-13-4-3-5-14(2)19(13)27-18(7-6-15-10-24-21(22)25-11-15)26-17-12-23-9-8-16(17)20(27)28/h3-12H,1-2H3,(H2,22,24,25)/b7-6+. The number of para-hydroxylation sites is 1. The molecule has 1 aromatic carbocycles. The first-order valence-electron chi connectivity index (χ1n) is 8.73. The van der Waals surface area contributed by atoms with Gasteiger partial charge < -0.3 is 5.73 Å². The molecule has 2 N–H and O–H groups in total. The summed E-state index contributed by atoms with van der Waals surface area (Å²) in [4.78, 5) is 30.1. The summed E-state index contributed by atoms with van der Waals surface area (Å²) in [5, 5.41) is 0.519.